The quantitative estimate of drug-likeness (QED) is 0.875. The maximum atomic E-state index is 12.5. The summed E-state index contributed by atoms with van der Waals surface area (Å²) < 4.78 is 6.06. The Bertz CT molecular complexity index is 718. The number of aryl methyl sites for hydroxylation is 1. The van der Waals surface area contributed by atoms with Crippen LogP contribution in [-0.2, 0) is 11.3 Å². The Morgan fingerprint density at radius 1 is 1.28 bits per heavy atom. The lowest BCUT2D eigenvalue weighted by atomic mass is 9.86. The van der Waals surface area contributed by atoms with Crippen molar-refractivity contribution in [3.8, 4) is 5.88 Å². The fourth-order valence-electron chi connectivity index (χ4n) is 3.31. The number of nitrogens with one attached hydrogen (secondary N) is 1. The molecule has 1 amide bonds. The Balaban J connectivity index is 1.61. The number of hydrogen-bond acceptors (Lipinski definition) is 4. The van der Waals surface area contributed by atoms with Crippen molar-refractivity contribution < 1.29 is 9.53 Å². The van der Waals surface area contributed by atoms with Crippen LogP contribution < -0.4 is 15.8 Å². The number of anilines is 1. The van der Waals surface area contributed by atoms with Crippen LogP contribution in [0.1, 0.15) is 36.9 Å². The highest BCUT2D eigenvalue weighted by Gasteiger charge is 2.28. The van der Waals surface area contributed by atoms with Crippen LogP contribution in [0, 0.1) is 12.8 Å². The first-order valence-electron chi connectivity index (χ1n) is 8.84. The first kappa shape index (κ1) is 17.4. The van der Waals surface area contributed by atoms with E-state index in [1.54, 1.807) is 0 Å². The first-order chi connectivity index (χ1) is 12.1. The first-order valence-corrected chi connectivity index (χ1v) is 8.84. The van der Waals surface area contributed by atoms with Gasteiger partial charge in [0.05, 0.1) is 0 Å². The molecule has 0 spiro atoms. The van der Waals surface area contributed by atoms with Gasteiger partial charge >= 0.3 is 0 Å². The monoisotopic (exact) mass is 339 g/mol. The molecule has 0 radical (unpaired) electrons. The molecular formula is C20H25N3O2. The van der Waals surface area contributed by atoms with E-state index in [-0.39, 0.29) is 17.9 Å². The molecule has 2 aromatic rings. The third kappa shape index (κ3) is 4.79. The summed E-state index contributed by atoms with van der Waals surface area (Å²) in [6.45, 7) is 2.40. The SMILES string of the molecule is Cc1cc(CN)cc(O[C@@H]2CCCC(C(=O)Nc3ccccc3)C2)n1. The summed E-state index contributed by atoms with van der Waals surface area (Å²) in [6, 6.07) is 13.4. The maximum Gasteiger partial charge on any atom is 0.227 e. The molecular weight excluding hydrogens is 314 g/mol. The number of amides is 1. The number of nitrogens with two attached hydrogens (primary N) is 1. The minimum Gasteiger partial charge on any atom is -0.474 e. The van der Waals surface area contributed by atoms with Gasteiger partial charge in [0.1, 0.15) is 6.10 Å². The van der Waals surface area contributed by atoms with Crippen LogP contribution in [0.25, 0.3) is 0 Å². The van der Waals surface area contributed by atoms with Crippen molar-refractivity contribution in [2.24, 2.45) is 11.7 Å². The lowest BCUT2D eigenvalue weighted by Crippen LogP contribution is -2.33. The molecule has 0 aliphatic heterocycles. The van der Waals surface area contributed by atoms with Gasteiger partial charge in [0, 0.05) is 29.9 Å². The zero-order chi connectivity index (χ0) is 17.6. The molecule has 1 aliphatic carbocycles. The number of rotatable bonds is 5. The summed E-state index contributed by atoms with van der Waals surface area (Å²) >= 11 is 0. The third-order valence-electron chi connectivity index (χ3n) is 4.55. The molecule has 3 N–H and O–H groups in total. The molecule has 25 heavy (non-hydrogen) atoms. The molecule has 3 rings (SSSR count). The zero-order valence-corrected chi connectivity index (χ0v) is 14.6. The molecule has 0 saturated heterocycles. The van der Waals surface area contributed by atoms with Crippen LogP contribution in [0.3, 0.4) is 0 Å². The minimum atomic E-state index is -0.0299. The summed E-state index contributed by atoms with van der Waals surface area (Å²) in [5, 5.41) is 3.00. The molecule has 0 bridgehead atoms. The molecule has 1 saturated carbocycles. The zero-order valence-electron chi connectivity index (χ0n) is 14.6. The molecule has 5 heteroatoms. The van der Waals surface area contributed by atoms with Gasteiger partial charge in [-0.3, -0.25) is 4.79 Å². The van der Waals surface area contributed by atoms with E-state index in [2.05, 4.69) is 10.3 Å². The highest BCUT2D eigenvalue weighted by atomic mass is 16.5. The number of pyridine rings is 1. The van der Waals surface area contributed by atoms with Crippen molar-refractivity contribution in [1.82, 2.24) is 4.98 Å². The molecule has 5 nitrogen and oxygen atoms in total. The van der Waals surface area contributed by atoms with E-state index in [9.17, 15) is 4.79 Å². The average molecular weight is 339 g/mol. The van der Waals surface area contributed by atoms with E-state index in [0.29, 0.717) is 18.8 Å². The predicted octanol–water partition coefficient (Wildman–Crippen LogP) is 3.43. The number of hydrogen-bond donors (Lipinski definition) is 2. The predicted molar refractivity (Wildman–Crippen MR) is 98.3 cm³/mol. The summed E-state index contributed by atoms with van der Waals surface area (Å²) in [5.41, 5.74) is 8.46. The number of aromatic nitrogens is 1. The van der Waals surface area contributed by atoms with Gasteiger partial charge in [0.25, 0.3) is 0 Å². The van der Waals surface area contributed by atoms with Gasteiger partial charge in [-0.1, -0.05) is 18.2 Å². The normalized spacial score (nSPS) is 20.1. The maximum absolute atomic E-state index is 12.5. The van der Waals surface area contributed by atoms with E-state index in [1.807, 2.05) is 49.4 Å². The Hall–Kier alpha value is -2.40. The van der Waals surface area contributed by atoms with Crippen molar-refractivity contribution in [2.75, 3.05) is 5.32 Å². The molecule has 132 valence electrons. The molecule has 2 atom stereocenters. The van der Waals surface area contributed by atoms with Gasteiger partial charge in [-0.2, -0.15) is 0 Å². The summed E-state index contributed by atoms with van der Waals surface area (Å²) in [7, 11) is 0. The standard InChI is InChI=1S/C20H25N3O2/c1-14-10-15(13-21)11-19(22-14)25-18-9-5-6-16(12-18)20(24)23-17-7-3-2-4-8-17/h2-4,7-8,10-11,16,18H,5-6,9,12-13,21H2,1H3,(H,23,24)/t16?,18-/m1/s1. The number of ether oxygens (including phenoxy) is 1. The van der Waals surface area contributed by atoms with Crippen molar-refractivity contribution in [1.29, 1.82) is 0 Å². The molecule has 1 unspecified atom stereocenters. The molecule has 1 fully saturated rings. The van der Waals surface area contributed by atoms with Crippen LogP contribution in [0.15, 0.2) is 42.5 Å². The number of para-hydroxylation sites is 1. The van der Waals surface area contributed by atoms with Crippen molar-refractivity contribution in [2.45, 2.75) is 45.3 Å². The van der Waals surface area contributed by atoms with Gasteiger partial charge in [-0.15, -0.1) is 0 Å². The van der Waals surface area contributed by atoms with Gasteiger partial charge < -0.3 is 15.8 Å². The second kappa shape index (κ2) is 8.12. The lowest BCUT2D eigenvalue weighted by molar-refractivity contribution is -0.121. The molecule has 1 aromatic carbocycles. The summed E-state index contributed by atoms with van der Waals surface area (Å²) in [6.07, 6.45) is 3.55. The number of carbonyl (C=O) groups excluding carboxylic acids is 1. The Kier molecular flexibility index (Phi) is 5.66. The van der Waals surface area contributed by atoms with E-state index in [0.717, 1.165) is 36.2 Å². The Morgan fingerprint density at radius 2 is 2.08 bits per heavy atom. The van der Waals surface area contributed by atoms with Crippen LogP contribution in [0.4, 0.5) is 5.69 Å². The fraction of sp³-hybridized carbons (Fsp3) is 0.400. The smallest absolute Gasteiger partial charge is 0.227 e. The highest BCUT2D eigenvalue weighted by Crippen LogP contribution is 2.28. The van der Waals surface area contributed by atoms with Crippen LogP contribution >= 0.6 is 0 Å². The van der Waals surface area contributed by atoms with Gasteiger partial charge in [-0.05, 0) is 56.4 Å². The Morgan fingerprint density at radius 3 is 2.84 bits per heavy atom. The summed E-state index contributed by atoms with van der Waals surface area (Å²) in [4.78, 5) is 17.0. The van der Waals surface area contributed by atoms with Gasteiger partial charge in [0.2, 0.25) is 11.8 Å². The minimum absolute atomic E-state index is 0.0141. The molecule has 1 aromatic heterocycles. The van der Waals surface area contributed by atoms with Crippen LogP contribution in [0.2, 0.25) is 0 Å². The van der Waals surface area contributed by atoms with E-state index >= 15 is 0 Å². The average Bonchev–Trinajstić information content (AvgIpc) is 2.62. The van der Waals surface area contributed by atoms with Crippen molar-refractivity contribution in [3.05, 3.63) is 53.7 Å². The van der Waals surface area contributed by atoms with Gasteiger partial charge in [-0.25, -0.2) is 4.98 Å². The fourth-order valence-corrected chi connectivity index (χ4v) is 3.31. The Labute approximate surface area is 148 Å². The lowest BCUT2D eigenvalue weighted by Gasteiger charge is -2.28. The van der Waals surface area contributed by atoms with E-state index in [4.69, 9.17) is 10.5 Å². The van der Waals surface area contributed by atoms with E-state index < -0.39 is 0 Å². The summed E-state index contributed by atoms with van der Waals surface area (Å²) in [5.74, 6) is 0.645. The van der Waals surface area contributed by atoms with Gasteiger partial charge in [0.15, 0.2) is 0 Å². The number of benzene rings is 1. The highest BCUT2D eigenvalue weighted by molar-refractivity contribution is 5.92. The molecule has 1 aliphatic rings. The van der Waals surface area contributed by atoms with Crippen molar-refractivity contribution >= 4 is 11.6 Å². The molecule has 1 heterocycles. The van der Waals surface area contributed by atoms with Crippen LogP contribution in [-0.4, -0.2) is 17.0 Å². The second-order valence-corrected chi connectivity index (χ2v) is 6.62. The topological polar surface area (TPSA) is 77.2 Å². The second-order valence-electron chi connectivity index (χ2n) is 6.62. The van der Waals surface area contributed by atoms with Crippen LogP contribution in [0.5, 0.6) is 5.88 Å². The largest absolute Gasteiger partial charge is 0.474 e. The number of nitrogens with zero attached hydrogens (tertiary/aromatic N) is 1. The third-order valence-corrected chi connectivity index (χ3v) is 4.55. The van der Waals surface area contributed by atoms with Crippen molar-refractivity contribution in [3.63, 3.8) is 0 Å². The van der Waals surface area contributed by atoms with E-state index in [1.165, 1.54) is 0 Å². The number of carbonyl (C=O) groups is 1.